The molecule has 1 aliphatic rings. The number of imide groups is 1. The molecule has 0 bridgehead atoms. The first-order valence-electron chi connectivity index (χ1n) is 14.4. The van der Waals surface area contributed by atoms with Gasteiger partial charge in [0.05, 0.1) is 0 Å². The molecule has 2 atom stereocenters. The van der Waals surface area contributed by atoms with Crippen LogP contribution in [0.3, 0.4) is 0 Å². The van der Waals surface area contributed by atoms with Gasteiger partial charge < -0.3 is 37.5 Å². The zero-order valence-corrected chi connectivity index (χ0v) is 24.9. The molecular formula is C29H41N7O8. The van der Waals surface area contributed by atoms with E-state index >= 15 is 0 Å². The molecule has 240 valence electrons. The molecule has 0 aromatic heterocycles. The Morgan fingerprint density at radius 2 is 1.52 bits per heavy atom. The molecule has 1 heterocycles. The first kappa shape index (κ1) is 35.2. The third-order valence-corrected chi connectivity index (χ3v) is 6.66. The van der Waals surface area contributed by atoms with Crippen LogP contribution in [0.1, 0.15) is 57.9 Å². The molecule has 1 aliphatic heterocycles. The molecule has 0 fully saturated rings. The Morgan fingerprint density at radius 1 is 0.864 bits per heavy atom. The highest BCUT2D eigenvalue weighted by molar-refractivity contribution is 6.12. The molecule has 15 nitrogen and oxygen atoms in total. The minimum Gasteiger partial charge on any atom is -0.445 e. The van der Waals surface area contributed by atoms with Crippen LogP contribution >= 0.6 is 0 Å². The summed E-state index contributed by atoms with van der Waals surface area (Å²) < 4.78 is 4.74. The number of ether oxygens (including phenoxy) is 1. The van der Waals surface area contributed by atoms with Crippen LogP contribution in [0.2, 0.25) is 0 Å². The van der Waals surface area contributed by atoms with E-state index in [0.717, 1.165) is 4.90 Å². The van der Waals surface area contributed by atoms with Gasteiger partial charge in [-0.1, -0.05) is 32.4 Å². The minimum absolute atomic E-state index is 0.0320. The molecule has 0 radical (unpaired) electrons. The average Bonchev–Trinajstić information content (AvgIpc) is 3.28. The van der Waals surface area contributed by atoms with E-state index in [1.54, 1.807) is 38.1 Å². The molecule has 15 heteroatoms. The third kappa shape index (κ3) is 12.5. The largest absolute Gasteiger partial charge is 0.445 e. The fraction of sp³-hybridized carbons (Fsp3) is 0.483. The molecule has 0 saturated heterocycles. The van der Waals surface area contributed by atoms with E-state index < -0.39 is 36.0 Å². The van der Waals surface area contributed by atoms with E-state index in [2.05, 4.69) is 21.3 Å². The molecule has 8 N–H and O–H groups in total. The topological polar surface area (TPSA) is 232 Å². The average molecular weight is 616 g/mol. The van der Waals surface area contributed by atoms with Crippen molar-refractivity contribution in [2.24, 2.45) is 17.4 Å². The number of rotatable bonds is 18. The number of nitrogens with two attached hydrogens (primary N) is 2. The van der Waals surface area contributed by atoms with Crippen LogP contribution in [-0.4, -0.2) is 71.7 Å². The summed E-state index contributed by atoms with van der Waals surface area (Å²) in [7, 11) is 0. The van der Waals surface area contributed by atoms with Crippen LogP contribution in [0.15, 0.2) is 36.4 Å². The lowest BCUT2D eigenvalue weighted by atomic mass is 10.0. The molecule has 2 rings (SSSR count). The third-order valence-electron chi connectivity index (χ3n) is 6.66. The van der Waals surface area contributed by atoms with Crippen molar-refractivity contribution in [3.8, 4) is 0 Å². The Morgan fingerprint density at radius 3 is 2.11 bits per heavy atom. The molecule has 8 amide bonds. The number of amides is 8. The van der Waals surface area contributed by atoms with Gasteiger partial charge in [-0.05, 0) is 49.3 Å². The van der Waals surface area contributed by atoms with Gasteiger partial charge in [0.15, 0.2) is 0 Å². The van der Waals surface area contributed by atoms with E-state index in [4.69, 9.17) is 16.2 Å². The van der Waals surface area contributed by atoms with Crippen LogP contribution in [0.4, 0.5) is 15.3 Å². The van der Waals surface area contributed by atoms with Gasteiger partial charge in [-0.2, -0.15) is 0 Å². The fourth-order valence-electron chi connectivity index (χ4n) is 4.28. The number of carbonyl (C=O) groups excluding carboxylic acids is 7. The summed E-state index contributed by atoms with van der Waals surface area (Å²) >= 11 is 0. The highest BCUT2D eigenvalue weighted by atomic mass is 16.5. The quantitative estimate of drug-likeness (QED) is 0.102. The predicted molar refractivity (Wildman–Crippen MR) is 159 cm³/mol. The van der Waals surface area contributed by atoms with E-state index in [1.807, 2.05) is 0 Å². The highest BCUT2D eigenvalue weighted by Gasteiger charge is 2.29. The van der Waals surface area contributed by atoms with Crippen molar-refractivity contribution in [2.75, 3.05) is 18.4 Å². The number of anilines is 1. The Kier molecular flexibility index (Phi) is 14.3. The highest BCUT2D eigenvalue weighted by Crippen LogP contribution is 2.13. The van der Waals surface area contributed by atoms with Crippen molar-refractivity contribution in [3.63, 3.8) is 0 Å². The summed E-state index contributed by atoms with van der Waals surface area (Å²) in [6.45, 7) is 3.95. The van der Waals surface area contributed by atoms with Crippen LogP contribution < -0.4 is 32.7 Å². The number of urea groups is 1. The predicted octanol–water partition coefficient (Wildman–Crippen LogP) is 0.780. The van der Waals surface area contributed by atoms with Gasteiger partial charge in [-0.15, -0.1) is 0 Å². The second-order valence-electron chi connectivity index (χ2n) is 10.5. The molecular weight excluding hydrogens is 574 g/mol. The second kappa shape index (κ2) is 17.9. The van der Waals surface area contributed by atoms with Crippen molar-refractivity contribution in [1.29, 1.82) is 0 Å². The summed E-state index contributed by atoms with van der Waals surface area (Å²) in [5.41, 5.74) is 11.2. The van der Waals surface area contributed by atoms with Gasteiger partial charge in [0.2, 0.25) is 17.7 Å². The lowest BCUT2D eigenvalue weighted by Gasteiger charge is -2.25. The number of hydrogen-bond donors (Lipinski definition) is 6. The van der Waals surface area contributed by atoms with Crippen LogP contribution in [0, 0.1) is 5.92 Å². The number of unbranched alkanes of at least 4 members (excludes halogenated alkanes) is 2. The van der Waals surface area contributed by atoms with E-state index in [9.17, 15) is 33.6 Å². The molecule has 0 saturated carbocycles. The summed E-state index contributed by atoms with van der Waals surface area (Å²) in [4.78, 5) is 85.3. The Labute approximate surface area is 255 Å². The van der Waals surface area contributed by atoms with Gasteiger partial charge in [0.25, 0.3) is 11.8 Å². The maximum atomic E-state index is 13.3. The first-order chi connectivity index (χ1) is 20.9. The Bertz CT molecular complexity index is 1210. The second-order valence-corrected chi connectivity index (χ2v) is 10.5. The van der Waals surface area contributed by atoms with Crippen molar-refractivity contribution < 1.29 is 38.3 Å². The lowest BCUT2D eigenvalue weighted by molar-refractivity contribution is -0.137. The van der Waals surface area contributed by atoms with Crippen molar-refractivity contribution in [1.82, 2.24) is 20.9 Å². The maximum absolute atomic E-state index is 13.3. The van der Waals surface area contributed by atoms with Gasteiger partial charge in [-0.3, -0.25) is 28.9 Å². The minimum atomic E-state index is -1.00. The zero-order valence-electron chi connectivity index (χ0n) is 24.9. The molecule has 1 aromatic carbocycles. The number of nitrogens with one attached hydrogen (secondary N) is 4. The summed E-state index contributed by atoms with van der Waals surface area (Å²) in [5, 5.41) is 10.6. The van der Waals surface area contributed by atoms with E-state index in [1.165, 1.54) is 12.2 Å². The van der Waals surface area contributed by atoms with Gasteiger partial charge in [0, 0.05) is 37.3 Å². The molecule has 2 unspecified atom stereocenters. The fourth-order valence-corrected chi connectivity index (χ4v) is 4.28. The van der Waals surface area contributed by atoms with Crippen LogP contribution in [0.25, 0.3) is 0 Å². The number of hydrogen-bond acceptors (Lipinski definition) is 8. The summed E-state index contributed by atoms with van der Waals surface area (Å²) in [6, 6.07) is 3.83. The number of carbonyl (C=O) groups is 7. The smallest absolute Gasteiger partial charge is 0.404 e. The standard InChI is InChI=1S/C29H41N7O8/c1-18(2)25(35-22(37)8-4-3-5-16-36-23(38)13-14-24(36)39)27(41)34-21(7-6-15-32-28(30)42)26(40)33-20-11-9-19(10-12-20)17-44-29(31)43/h9-14,18,21,25H,3-8,15-17H2,1-2H3,(H2,31,43)(H,33,40)(H,34,41)(H,35,37)(H3,30,32,42). The molecule has 0 spiro atoms. The van der Waals surface area contributed by atoms with Gasteiger partial charge in [-0.25, -0.2) is 9.59 Å². The number of benzene rings is 1. The monoisotopic (exact) mass is 615 g/mol. The summed E-state index contributed by atoms with van der Waals surface area (Å²) in [6.07, 6.45) is 3.81. The first-order valence-corrected chi connectivity index (χ1v) is 14.4. The van der Waals surface area contributed by atoms with Crippen LogP contribution in [-0.2, 0) is 35.3 Å². The molecule has 0 aliphatic carbocycles. The van der Waals surface area contributed by atoms with E-state index in [-0.39, 0.29) is 56.2 Å². The van der Waals surface area contributed by atoms with Gasteiger partial charge >= 0.3 is 12.1 Å². The Hall–Kier alpha value is -4.95. The maximum Gasteiger partial charge on any atom is 0.404 e. The summed E-state index contributed by atoms with van der Waals surface area (Å²) in [5.74, 6) is -2.40. The number of primary amides is 2. The van der Waals surface area contributed by atoms with Crippen molar-refractivity contribution in [2.45, 2.75) is 71.1 Å². The van der Waals surface area contributed by atoms with Gasteiger partial charge in [0.1, 0.15) is 18.7 Å². The molecule has 44 heavy (non-hydrogen) atoms. The normalized spacial score (nSPS) is 13.8. The van der Waals surface area contributed by atoms with Crippen LogP contribution in [0.5, 0.6) is 0 Å². The SMILES string of the molecule is CC(C)C(NC(=O)CCCCCN1C(=O)C=CC1=O)C(=O)NC(CCCNC(N)=O)C(=O)Nc1ccc(COC(N)=O)cc1. The van der Waals surface area contributed by atoms with Crippen molar-refractivity contribution >= 4 is 47.3 Å². The number of nitrogens with zero attached hydrogens (tertiary/aromatic N) is 1. The Balaban J connectivity index is 1.94. The van der Waals surface area contributed by atoms with Crippen molar-refractivity contribution in [3.05, 3.63) is 42.0 Å². The zero-order chi connectivity index (χ0) is 32.6. The lowest BCUT2D eigenvalue weighted by Crippen LogP contribution is -2.54. The van der Waals surface area contributed by atoms with E-state index in [0.29, 0.717) is 36.9 Å². The molecule has 1 aromatic rings.